The van der Waals surface area contributed by atoms with Crippen molar-refractivity contribution in [1.82, 2.24) is 5.32 Å². The Labute approximate surface area is 93.8 Å². The van der Waals surface area contributed by atoms with Crippen LogP contribution >= 0.6 is 0 Å². The van der Waals surface area contributed by atoms with Gasteiger partial charge < -0.3 is 11.1 Å². The van der Waals surface area contributed by atoms with E-state index in [2.05, 4.69) is 26.1 Å². The molecule has 0 aliphatic carbocycles. The maximum atomic E-state index is 10.8. The molecule has 15 heavy (non-hydrogen) atoms. The SMILES string of the molecule is CC(C)CCCC(C)NCC(C)C(N)=O. The topological polar surface area (TPSA) is 55.1 Å². The van der Waals surface area contributed by atoms with Crippen molar-refractivity contribution in [3.05, 3.63) is 0 Å². The second-order valence-corrected chi connectivity index (χ2v) is 4.94. The zero-order valence-electron chi connectivity index (χ0n) is 10.5. The minimum atomic E-state index is -0.225. The van der Waals surface area contributed by atoms with E-state index < -0.39 is 0 Å². The summed E-state index contributed by atoms with van der Waals surface area (Å²) >= 11 is 0. The Hall–Kier alpha value is -0.570. The van der Waals surface area contributed by atoms with Crippen LogP contribution in [0.1, 0.15) is 47.0 Å². The second-order valence-electron chi connectivity index (χ2n) is 4.94. The minimum Gasteiger partial charge on any atom is -0.369 e. The van der Waals surface area contributed by atoms with Crippen LogP contribution in [0.4, 0.5) is 0 Å². The molecule has 3 N–H and O–H groups in total. The summed E-state index contributed by atoms with van der Waals surface area (Å²) in [4.78, 5) is 10.8. The van der Waals surface area contributed by atoms with Crippen molar-refractivity contribution in [1.29, 1.82) is 0 Å². The molecule has 0 saturated heterocycles. The smallest absolute Gasteiger partial charge is 0.221 e. The fraction of sp³-hybridized carbons (Fsp3) is 0.917. The van der Waals surface area contributed by atoms with Gasteiger partial charge in [-0.05, 0) is 19.3 Å². The fourth-order valence-electron chi connectivity index (χ4n) is 1.41. The van der Waals surface area contributed by atoms with Crippen molar-refractivity contribution in [2.45, 2.75) is 53.0 Å². The van der Waals surface area contributed by atoms with Gasteiger partial charge >= 0.3 is 0 Å². The molecule has 0 aromatic carbocycles. The Kier molecular flexibility index (Phi) is 7.39. The third-order valence-corrected chi connectivity index (χ3v) is 2.68. The van der Waals surface area contributed by atoms with E-state index in [0.29, 0.717) is 12.6 Å². The van der Waals surface area contributed by atoms with E-state index in [-0.39, 0.29) is 11.8 Å². The summed E-state index contributed by atoms with van der Waals surface area (Å²) in [5.74, 6) is 0.483. The largest absolute Gasteiger partial charge is 0.369 e. The Morgan fingerprint density at radius 2 is 1.80 bits per heavy atom. The second kappa shape index (κ2) is 7.69. The Morgan fingerprint density at radius 3 is 2.27 bits per heavy atom. The van der Waals surface area contributed by atoms with Gasteiger partial charge in [0.25, 0.3) is 0 Å². The lowest BCUT2D eigenvalue weighted by atomic mass is 10.0. The molecule has 0 aromatic rings. The molecule has 0 aliphatic heterocycles. The fourth-order valence-corrected chi connectivity index (χ4v) is 1.41. The van der Waals surface area contributed by atoms with Crippen LogP contribution in [0.15, 0.2) is 0 Å². The molecule has 90 valence electrons. The molecule has 0 heterocycles. The molecule has 3 nitrogen and oxygen atoms in total. The van der Waals surface area contributed by atoms with E-state index in [4.69, 9.17) is 5.73 Å². The van der Waals surface area contributed by atoms with Gasteiger partial charge in [-0.3, -0.25) is 4.79 Å². The number of carbonyl (C=O) groups is 1. The average molecular weight is 214 g/mol. The summed E-state index contributed by atoms with van der Waals surface area (Å²) in [6.45, 7) is 9.20. The van der Waals surface area contributed by atoms with Crippen LogP contribution in [-0.4, -0.2) is 18.5 Å². The lowest BCUT2D eigenvalue weighted by Gasteiger charge is -2.16. The molecule has 0 spiro atoms. The van der Waals surface area contributed by atoms with Crippen LogP contribution in [0, 0.1) is 11.8 Å². The van der Waals surface area contributed by atoms with Crippen LogP contribution in [0.25, 0.3) is 0 Å². The normalized spacial score (nSPS) is 15.3. The number of hydrogen-bond acceptors (Lipinski definition) is 2. The van der Waals surface area contributed by atoms with E-state index >= 15 is 0 Å². The Bertz CT molecular complexity index is 180. The van der Waals surface area contributed by atoms with Crippen molar-refractivity contribution in [3.8, 4) is 0 Å². The van der Waals surface area contributed by atoms with E-state index in [9.17, 15) is 4.79 Å². The summed E-state index contributed by atoms with van der Waals surface area (Å²) in [7, 11) is 0. The van der Waals surface area contributed by atoms with Crippen LogP contribution in [0.5, 0.6) is 0 Å². The maximum absolute atomic E-state index is 10.8. The predicted octanol–water partition coefficient (Wildman–Crippen LogP) is 1.91. The van der Waals surface area contributed by atoms with Crippen molar-refractivity contribution >= 4 is 5.91 Å². The molecule has 0 aromatic heterocycles. The highest BCUT2D eigenvalue weighted by Crippen LogP contribution is 2.08. The lowest BCUT2D eigenvalue weighted by molar-refractivity contribution is -0.121. The van der Waals surface area contributed by atoms with Gasteiger partial charge in [0, 0.05) is 18.5 Å². The highest BCUT2D eigenvalue weighted by atomic mass is 16.1. The van der Waals surface area contributed by atoms with Crippen molar-refractivity contribution in [2.75, 3.05) is 6.54 Å². The van der Waals surface area contributed by atoms with E-state index in [1.165, 1.54) is 19.3 Å². The minimum absolute atomic E-state index is 0.0717. The van der Waals surface area contributed by atoms with Crippen molar-refractivity contribution < 1.29 is 4.79 Å². The summed E-state index contributed by atoms with van der Waals surface area (Å²) in [6.07, 6.45) is 3.69. The first kappa shape index (κ1) is 14.4. The summed E-state index contributed by atoms with van der Waals surface area (Å²) in [6, 6.07) is 0.477. The Morgan fingerprint density at radius 1 is 1.20 bits per heavy atom. The van der Waals surface area contributed by atoms with Crippen LogP contribution in [0.3, 0.4) is 0 Å². The molecular weight excluding hydrogens is 188 g/mol. The number of rotatable bonds is 8. The van der Waals surface area contributed by atoms with Gasteiger partial charge in [-0.1, -0.05) is 33.6 Å². The molecule has 0 saturated carbocycles. The van der Waals surface area contributed by atoms with Crippen LogP contribution < -0.4 is 11.1 Å². The zero-order chi connectivity index (χ0) is 11.8. The molecule has 3 heteroatoms. The van der Waals surface area contributed by atoms with Gasteiger partial charge in [0.15, 0.2) is 0 Å². The molecule has 0 radical (unpaired) electrons. The van der Waals surface area contributed by atoms with Gasteiger partial charge in [0.05, 0.1) is 0 Å². The predicted molar refractivity (Wildman–Crippen MR) is 64.5 cm³/mol. The lowest BCUT2D eigenvalue weighted by Crippen LogP contribution is -2.35. The van der Waals surface area contributed by atoms with Gasteiger partial charge in [0.2, 0.25) is 5.91 Å². The first-order valence-electron chi connectivity index (χ1n) is 5.96. The molecule has 0 rings (SSSR count). The molecule has 0 aliphatic rings. The quantitative estimate of drug-likeness (QED) is 0.648. The molecular formula is C12H26N2O. The summed E-state index contributed by atoms with van der Waals surface area (Å²) in [5.41, 5.74) is 5.18. The van der Waals surface area contributed by atoms with Crippen LogP contribution in [0.2, 0.25) is 0 Å². The highest BCUT2D eigenvalue weighted by molar-refractivity contribution is 5.76. The number of primary amides is 1. The third-order valence-electron chi connectivity index (χ3n) is 2.68. The number of hydrogen-bond donors (Lipinski definition) is 2. The first-order valence-corrected chi connectivity index (χ1v) is 5.96. The molecule has 0 bridgehead atoms. The molecule has 0 fully saturated rings. The summed E-state index contributed by atoms with van der Waals surface area (Å²) in [5, 5.41) is 3.34. The highest BCUT2D eigenvalue weighted by Gasteiger charge is 2.09. The first-order chi connectivity index (χ1) is 6.93. The molecule has 1 amide bonds. The van der Waals surface area contributed by atoms with Gasteiger partial charge in [-0.2, -0.15) is 0 Å². The molecule has 2 unspecified atom stereocenters. The van der Waals surface area contributed by atoms with E-state index in [0.717, 1.165) is 5.92 Å². The van der Waals surface area contributed by atoms with Crippen LogP contribution in [-0.2, 0) is 4.79 Å². The number of nitrogens with one attached hydrogen (secondary N) is 1. The van der Waals surface area contributed by atoms with Gasteiger partial charge in [-0.15, -0.1) is 0 Å². The number of carbonyl (C=O) groups excluding carboxylic acids is 1. The van der Waals surface area contributed by atoms with Crippen molar-refractivity contribution in [2.24, 2.45) is 17.6 Å². The van der Waals surface area contributed by atoms with Gasteiger partial charge in [0.1, 0.15) is 0 Å². The average Bonchev–Trinajstić information content (AvgIpc) is 2.13. The van der Waals surface area contributed by atoms with Crippen molar-refractivity contribution in [3.63, 3.8) is 0 Å². The van der Waals surface area contributed by atoms with E-state index in [1.54, 1.807) is 0 Å². The summed E-state index contributed by atoms with van der Waals surface area (Å²) < 4.78 is 0. The number of nitrogens with two attached hydrogens (primary N) is 1. The third kappa shape index (κ3) is 8.43. The van der Waals surface area contributed by atoms with E-state index in [1.807, 2.05) is 6.92 Å². The number of amides is 1. The molecule has 2 atom stereocenters. The maximum Gasteiger partial charge on any atom is 0.221 e. The standard InChI is InChI=1S/C12H26N2O/c1-9(2)6-5-7-11(4)14-8-10(3)12(13)15/h9-11,14H,5-8H2,1-4H3,(H2,13,15). The monoisotopic (exact) mass is 214 g/mol. The van der Waals surface area contributed by atoms with Gasteiger partial charge in [-0.25, -0.2) is 0 Å². The zero-order valence-corrected chi connectivity index (χ0v) is 10.5. The Balaban J connectivity index is 3.48.